The van der Waals surface area contributed by atoms with Crippen molar-refractivity contribution >= 4 is 29.6 Å². The summed E-state index contributed by atoms with van der Waals surface area (Å²) >= 11 is 0. The van der Waals surface area contributed by atoms with Gasteiger partial charge < -0.3 is 36.6 Å². The number of carboxylic acids is 1. The lowest BCUT2D eigenvalue weighted by molar-refractivity contribution is -0.138. The average molecular weight is 525 g/mol. The standard InChI is InChI=1S/C26H28N4O8/c1-13-2-4-14(5-3-13)10-18(29-24(36)21-20(38-21)23(35)28-12-19(32)33)22(34)30-26(25(27)37)11-17(26)15-6-8-16(31)9-7-15/h2-9,17-18,20-21,31H,10-12H2,1H3,(H2,27,37)(H,28,35)(H,29,36)(H,30,34)(H,32,33)/t17-,18-,20+,21?,26?/m0/s1. The van der Waals surface area contributed by atoms with Crippen molar-refractivity contribution in [3.8, 4) is 5.75 Å². The van der Waals surface area contributed by atoms with E-state index in [1.54, 1.807) is 24.3 Å². The number of phenolic OH excluding ortho intramolecular Hbond substituents is 1. The molecule has 1 aliphatic heterocycles. The maximum Gasteiger partial charge on any atom is 0.322 e. The first-order valence-electron chi connectivity index (χ1n) is 11.9. The number of amides is 4. The smallest absolute Gasteiger partial charge is 0.322 e. The van der Waals surface area contributed by atoms with Crippen LogP contribution in [0, 0.1) is 6.92 Å². The number of phenols is 1. The normalized spacial score (nSPS) is 24.0. The fourth-order valence-electron chi connectivity index (χ4n) is 4.35. The van der Waals surface area contributed by atoms with Crippen molar-refractivity contribution in [1.82, 2.24) is 16.0 Å². The van der Waals surface area contributed by atoms with E-state index >= 15 is 0 Å². The van der Waals surface area contributed by atoms with Crippen LogP contribution in [0.4, 0.5) is 0 Å². The molecule has 0 aromatic heterocycles. The van der Waals surface area contributed by atoms with Gasteiger partial charge in [-0.3, -0.25) is 24.0 Å². The first-order chi connectivity index (χ1) is 18.0. The Kier molecular flexibility index (Phi) is 7.35. The van der Waals surface area contributed by atoms with Crippen LogP contribution in [0.15, 0.2) is 48.5 Å². The molecule has 2 unspecified atom stereocenters. The van der Waals surface area contributed by atoms with E-state index in [1.807, 2.05) is 19.1 Å². The Morgan fingerprint density at radius 3 is 2.26 bits per heavy atom. The van der Waals surface area contributed by atoms with Gasteiger partial charge in [-0.05, 0) is 36.6 Å². The molecule has 1 saturated heterocycles. The lowest BCUT2D eigenvalue weighted by Crippen LogP contribution is -2.56. The van der Waals surface area contributed by atoms with Gasteiger partial charge in [0, 0.05) is 12.3 Å². The Bertz CT molecular complexity index is 1260. The largest absolute Gasteiger partial charge is 0.508 e. The van der Waals surface area contributed by atoms with Gasteiger partial charge >= 0.3 is 5.97 Å². The van der Waals surface area contributed by atoms with Crippen LogP contribution in [0.3, 0.4) is 0 Å². The van der Waals surface area contributed by atoms with Crippen LogP contribution in [-0.4, -0.2) is 70.1 Å². The molecule has 0 radical (unpaired) electrons. The second kappa shape index (κ2) is 10.5. The third-order valence-electron chi connectivity index (χ3n) is 6.66. The summed E-state index contributed by atoms with van der Waals surface area (Å²) in [7, 11) is 0. The van der Waals surface area contributed by atoms with Gasteiger partial charge in [0.25, 0.3) is 11.8 Å². The predicted molar refractivity (Wildman–Crippen MR) is 132 cm³/mol. The number of epoxide rings is 1. The number of carbonyl (C=O) groups is 5. The minimum atomic E-state index is -1.36. The van der Waals surface area contributed by atoms with Crippen molar-refractivity contribution in [3.05, 3.63) is 65.2 Å². The number of aliphatic carboxylic acids is 1. The van der Waals surface area contributed by atoms with Crippen LogP contribution in [0.5, 0.6) is 5.75 Å². The van der Waals surface area contributed by atoms with E-state index in [2.05, 4.69) is 16.0 Å². The van der Waals surface area contributed by atoms with Crippen molar-refractivity contribution in [2.45, 2.75) is 49.5 Å². The van der Waals surface area contributed by atoms with E-state index < -0.39 is 65.8 Å². The first kappa shape index (κ1) is 26.6. The Hall–Kier alpha value is -4.45. The van der Waals surface area contributed by atoms with Gasteiger partial charge in [0.2, 0.25) is 11.8 Å². The molecule has 2 aromatic rings. The molecular weight excluding hydrogens is 496 g/mol. The molecule has 1 aliphatic carbocycles. The van der Waals surface area contributed by atoms with Gasteiger partial charge in [0.1, 0.15) is 23.9 Å². The third kappa shape index (κ3) is 5.92. The van der Waals surface area contributed by atoms with Crippen LogP contribution in [0.25, 0.3) is 0 Å². The van der Waals surface area contributed by atoms with Crippen LogP contribution >= 0.6 is 0 Å². The van der Waals surface area contributed by atoms with Crippen LogP contribution in [0.2, 0.25) is 0 Å². The monoisotopic (exact) mass is 524 g/mol. The van der Waals surface area contributed by atoms with Gasteiger partial charge in [-0.15, -0.1) is 0 Å². The summed E-state index contributed by atoms with van der Waals surface area (Å²) < 4.78 is 5.11. The van der Waals surface area contributed by atoms with E-state index in [4.69, 9.17) is 15.6 Å². The zero-order valence-electron chi connectivity index (χ0n) is 20.5. The van der Waals surface area contributed by atoms with E-state index in [1.165, 1.54) is 12.1 Å². The van der Waals surface area contributed by atoms with E-state index in [-0.39, 0.29) is 18.6 Å². The number of hydrogen-bond donors (Lipinski definition) is 6. The van der Waals surface area contributed by atoms with Crippen molar-refractivity contribution in [2.24, 2.45) is 5.73 Å². The maximum absolute atomic E-state index is 13.4. The number of hydrogen-bond acceptors (Lipinski definition) is 7. The number of ether oxygens (including phenoxy) is 1. The zero-order valence-corrected chi connectivity index (χ0v) is 20.5. The Labute approximate surface area is 217 Å². The Morgan fingerprint density at radius 1 is 1.03 bits per heavy atom. The van der Waals surface area contributed by atoms with Crippen LogP contribution in [0.1, 0.15) is 29.0 Å². The number of carboxylic acid groups (broad SMARTS) is 1. The number of rotatable bonds is 11. The highest BCUT2D eigenvalue weighted by atomic mass is 16.6. The minimum Gasteiger partial charge on any atom is -0.508 e. The van der Waals surface area contributed by atoms with Gasteiger partial charge in [0.15, 0.2) is 12.2 Å². The lowest BCUT2D eigenvalue weighted by Gasteiger charge is -2.23. The highest BCUT2D eigenvalue weighted by Gasteiger charge is 2.61. The van der Waals surface area contributed by atoms with Crippen molar-refractivity contribution in [1.29, 1.82) is 0 Å². The quantitative estimate of drug-likeness (QED) is 0.206. The molecule has 1 saturated carbocycles. The second-order valence-corrected chi connectivity index (χ2v) is 9.51. The summed E-state index contributed by atoms with van der Waals surface area (Å²) in [5.74, 6) is -4.46. The van der Waals surface area contributed by atoms with Gasteiger partial charge in [-0.2, -0.15) is 0 Å². The Balaban J connectivity index is 1.47. The second-order valence-electron chi connectivity index (χ2n) is 9.51. The molecule has 7 N–H and O–H groups in total. The molecule has 0 spiro atoms. The molecule has 5 atom stereocenters. The third-order valence-corrected chi connectivity index (χ3v) is 6.66. The van der Waals surface area contributed by atoms with Gasteiger partial charge in [-0.25, -0.2) is 0 Å². The molecule has 0 bridgehead atoms. The van der Waals surface area contributed by atoms with Gasteiger partial charge in [-0.1, -0.05) is 42.0 Å². The van der Waals surface area contributed by atoms with E-state index in [0.717, 1.165) is 11.1 Å². The average Bonchev–Trinajstić information content (AvgIpc) is 3.79. The summed E-state index contributed by atoms with van der Waals surface area (Å²) in [4.78, 5) is 61.3. The highest BCUT2D eigenvalue weighted by molar-refractivity contribution is 6.00. The Morgan fingerprint density at radius 2 is 1.66 bits per heavy atom. The maximum atomic E-state index is 13.4. The van der Waals surface area contributed by atoms with Gasteiger partial charge in [0.05, 0.1) is 0 Å². The SMILES string of the molecule is Cc1ccc(C[C@H](NC(=O)C2O[C@H]2C(=O)NCC(=O)O)C(=O)NC2(C(N)=O)C[C@H]2c2ccc(O)cc2)cc1. The topological polar surface area (TPSA) is 200 Å². The molecule has 4 rings (SSSR count). The summed E-state index contributed by atoms with van der Waals surface area (Å²) in [6.07, 6.45) is -2.02. The number of primary amides is 1. The molecule has 4 amide bonds. The van der Waals surface area contributed by atoms with Crippen LogP contribution < -0.4 is 21.7 Å². The number of nitrogens with two attached hydrogens (primary N) is 1. The summed E-state index contributed by atoms with van der Waals surface area (Å²) in [5.41, 5.74) is 6.76. The minimum absolute atomic E-state index is 0.0567. The van der Waals surface area contributed by atoms with Crippen molar-refractivity contribution < 1.29 is 38.9 Å². The lowest BCUT2D eigenvalue weighted by atomic mass is 10.0. The number of carbonyl (C=O) groups excluding carboxylic acids is 4. The van der Waals surface area contributed by atoms with E-state index in [9.17, 15) is 29.1 Å². The molecule has 38 heavy (non-hydrogen) atoms. The molecule has 200 valence electrons. The zero-order chi connectivity index (χ0) is 27.6. The van der Waals surface area contributed by atoms with Crippen LogP contribution in [-0.2, 0) is 35.1 Å². The molecule has 2 fully saturated rings. The molecule has 1 heterocycles. The fourth-order valence-corrected chi connectivity index (χ4v) is 4.35. The number of aryl methyl sites for hydroxylation is 1. The molecule has 2 aliphatic rings. The molecule has 12 heteroatoms. The number of aromatic hydroxyl groups is 1. The number of benzene rings is 2. The first-order valence-corrected chi connectivity index (χ1v) is 11.9. The van der Waals surface area contributed by atoms with E-state index in [0.29, 0.717) is 5.56 Å². The molecular formula is C26H28N4O8. The predicted octanol–water partition coefficient (Wildman–Crippen LogP) is -0.776. The molecule has 12 nitrogen and oxygen atoms in total. The van der Waals surface area contributed by atoms with Crippen molar-refractivity contribution in [3.63, 3.8) is 0 Å². The summed E-state index contributed by atoms with van der Waals surface area (Å²) in [6, 6.07) is 12.4. The summed E-state index contributed by atoms with van der Waals surface area (Å²) in [5, 5.41) is 25.7. The highest BCUT2D eigenvalue weighted by Crippen LogP contribution is 2.51. The molecule has 2 aromatic carbocycles. The number of nitrogens with one attached hydrogen (secondary N) is 3. The van der Waals surface area contributed by atoms with Crippen molar-refractivity contribution in [2.75, 3.05) is 6.54 Å². The fraction of sp³-hybridized carbons (Fsp3) is 0.346. The summed E-state index contributed by atoms with van der Waals surface area (Å²) in [6.45, 7) is 1.28.